The molecular formula is C10H15N7O. The van der Waals surface area contributed by atoms with Crippen molar-refractivity contribution in [3.05, 3.63) is 18.7 Å². The number of aliphatic hydroxyl groups excluding tert-OH is 1. The summed E-state index contributed by atoms with van der Waals surface area (Å²) in [6.07, 6.45) is 5.15. The average Bonchev–Trinajstić information content (AvgIpc) is 2.81. The maximum Gasteiger partial charge on any atom is 0.241 e. The smallest absolute Gasteiger partial charge is 0.241 e. The van der Waals surface area contributed by atoms with Gasteiger partial charge in [0.25, 0.3) is 0 Å². The molecule has 2 heterocycles. The quantitative estimate of drug-likeness (QED) is 0.673. The highest BCUT2D eigenvalue weighted by molar-refractivity contribution is 5.34. The van der Waals surface area contributed by atoms with Gasteiger partial charge in [0, 0.05) is 18.9 Å². The molecular weight excluding hydrogens is 234 g/mol. The van der Waals surface area contributed by atoms with Crippen molar-refractivity contribution in [2.75, 3.05) is 17.6 Å². The van der Waals surface area contributed by atoms with Crippen LogP contribution >= 0.6 is 0 Å². The van der Waals surface area contributed by atoms with Crippen LogP contribution in [0.25, 0.3) is 5.95 Å². The molecule has 96 valence electrons. The molecule has 0 radical (unpaired) electrons. The number of anilines is 2. The van der Waals surface area contributed by atoms with Crippen molar-refractivity contribution >= 4 is 11.9 Å². The van der Waals surface area contributed by atoms with Crippen molar-refractivity contribution in [3.63, 3.8) is 0 Å². The summed E-state index contributed by atoms with van der Waals surface area (Å²) in [4.78, 5) is 16.1. The molecule has 1 unspecified atom stereocenters. The molecule has 8 heteroatoms. The van der Waals surface area contributed by atoms with Crippen molar-refractivity contribution in [3.8, 4) is 5.95 Å². The largest absolute Gasteiger partial charge is 0.393 e. The molecule has 0 spiro atoms. The standard InChI is InChI=1S/C10H15N7O/c1-7(18)2-3-13-9-14-8(11)15-10(16-9)17-5-4-12-6-17/h4-7,18H,2-3H2,1H3,(H3,11,13,14,15,16). The molecule has 0 aliphatic carbocycles. The third kappa shape index (κ3) is 3.14. The van der Waals surface area contributed by atoms with E-state index in [1.807, 2.05) is 0 Å². The number of nitrogens with zero attached hydrogens (tertiary/aromatic N) is 5. The number of imidazole rings is 1. The third-order valence-corrected chi connectivity index (χ3v) is 2.22. The number of hydrogen-bond donors (Lipinski definition) is 3. The van der Waals surface area contributed by atoms with E-state index in [9.17, 15) is 0 Å². The van der Waals surface area contributed by atoms with Crippen LogP contribution in [0, 0.1) is 0 Å². The molecule has 2 aromatic heterocycles. The van der Waals surface area contributed by atoms with Gasteiger partial charge in [0.1, 0.15) is 6.33 Å². The lowest BCUT2D eigenvalue weighted by Gasteiger charge is -2.08. The first kappa shape index (κ1) is 12.2. The van der Waals surface area contributed by atoms with E-state index in [0.717, 1.165) is 0 Å². The number of hydrogen-bond acceptors (Lipinski definition) is 7. The minimum atomic E-state index is -0.371. The topological polar surface area (TPSA) is 115 Å². The Morgan fingerprint density at radius 2 is 2.28 bits per heavy atom. The summed E-state index contributed by atoms with van der Waals surface area (Å²) in [6.45, 7) is 2.28. The fourth-order valence-corrected chi connectivity index (χ4v) is 1.35. The molecule has 4 N–H and O–H groups in total. The summed E-state index contributed by atoms with van der Waals surface area (Å²) in [5.41, 5.74) is 5.61. The molecule has 0 amide bonds. The van der Waals surface area contributed by atoms with Crippen LogP contribution < -0.4 is 11.1 Å². The summed E-state index contributed by atoms with van der Waals surface area (Å²) >= 11 is 0. The average molecular weight is 249 g/mol. The van der Waals surface area contributed by atoms with Crippen LogP contribution in [0.1, 0.15) is 13.3 Å². The van der Waals surface area contributed by atoms with Gasteiger partial charge >= 0.3 is 0 Å². The van der Waals surface area contributed by atoms with Crippen LogP contribution in [-0.4, -0.2) is 42.3 Å². The Kier molecular flexibility index (Phi) is 3.68. The minimum Gasteiger partial charge on any atom is -0.393 e. The summed E-state index contributed by atoms with van der Waals surface area (Å²) in [5.74, 6) is 0.916. The maximum atomic E-state index is 9.16. The molecule has 0 fully saturated rings. The third-order valence-electron chi connectivity index (χ3n) is 2.22. The van der Waals surface area contributed by atoms with E-state index >= 15 is 0 Å². The highest BCUT2D eigenvalue weighted by Crippen LogP contribution is 2.06. The molecule has 18 heavy (non-hydrogen) atoms. The number of nitrogen functional groups attached to an aromatic ring is 1. The zero-order valence-electron chi connectivity index (χ0n) is 9.98. The van der Waals surface area contributed by atoms with E-state index in [4.69, 9.17) is 10.8 Å². The Morgan fingerprint density at radius 1 is 1.44 bits per heavy atom. The molecule has 0 saturated carbocycles. The number of aromatic nitrogens is 5. The zero-order valence-corrected chi connectivity index (χ0v) is 9.98. The van der Waals surface area contributed by atoms with Gasteiger partial charge in [0.15, 0.2) is 0 Å². The minimum absolute atomic E-state index is 0.133. The van der Waals surface area contributed by atoms with Crippen LogP contribution in [-0.2, 0) is 0 Å². The van der Waals surface area contributed by atoms with Crippen LogP contribution in [0.4, 0.5) is 11.9 Å². The van der Waals surface area contributed by atoms with Crippen LogP contribution in [0.3, 0.4) is 0 Å². The SMILES string of the molecule is CC(O)CCNc1nc(N)nc(-n2ccnc2)n1. The number of aliphatic hydroxyl groups is 1. The van der Waals surface area contributed by atoms with Gasteiger partial charge < -0.3 is 16.2 Å². The molecule has 2 rings (SSSR count). The van der Waals surface area contributed by atoms with Gasteiger partial charge in [-0.15, -0.1) is 0 Å². The van der Waals surface area contributed by atoms with Gasteiger partial charge in [-0.25, -0.2) is 4.98 Å². The molecule has 0 aliphatic rings. The normalized spacial score (nSPS) is 12.3. The summed E-state index contributed by atoms with van der Waals surface area (Å²) in [6, 6.07) is 0. The first-order valence-corrected chi connectivity index (χ1v) is 5.57. The van der Waals surface area contributed by atoms with Crippen LogP contribution in [0.5, 0.6) is 0 Å². The zero-order chi connectivity index (χ0) is 13.0. The van der Waals surface area contributed by atoms with E-state index in [-0.39, 0.29) is 12.1 Å². The van der Waals surface area contributed by atoms with E-state index < -0.39 is 0 Å². The lowest BCUT2D eigenvalue weighted by Crippen LogP contribution is -2.14. The molecule has 0 saturated heterocycles. The van der Waals surface area contributed by atoms with Gasteiger partial charge in [0.05, 0.1) is 6.10 Å². The summed E-state index contributed by atoms with van der Waals surface area (Å²) in [5, 5.41) is 12.1. The van der Waals surface area contributed by atoms with Crippen molar-refractivity contribution in [1.29, 1.82) is 0 Å². The fourth-order valence-electron chi connectivity index (χ4n) is 1.35. The second-order valence-electron chi connectivity index (χ2n) is 3.85. The Morgan fingerprint density at radius 3 is 2.94 bits per heavy atom. The highest BCUT2D eigenvalue weighted by Gasteiger charge is 2.06. The van der Waals surface area contributed by atoms with E-state index in [0.29, 0.717) is 24.9 Å². The van der Waals surface area contributed by atoms with Crippen LogP contribution in [0.2, 0.25) is 0 Å². The van der Waals surface area contributed by atoms with Gasteiger partial charge in [0.2, 0.25) is 17.8 Å². The second-order valence-corrected chi connectivity index (χ2v) is 3.85. The van der Waals surface area contributed by atoms with Gasteiger partial charge in [-0.05, 0) is 13.3 Å². The predicted octanol–water partition coefficient (Wildman–Crippen LogP) is -0.178. The molecule has 0 aromatic carbocycles. The van der Waals surface area contributed by atoms with E-state index in [2.05, 4.69) is 25.3 Å². The molecule has 8 nitrogen and oxygen atoms in total. The van der Waals surface area contributed by atoms with Crippen molar-refractivity contribution < 1.29 is 5.11 Å². The molecule has 2 aromatic rings. The van der Waals surface area contributed by atoms with Crippen molar-refractivity contribution in [2.45, 2.75) is 19.4 Å². The number of nitrogens with one attached hydrogen (secondary N) is 1. The first-order valence-electron chi connectivity index (χ1n) is 5.57. The maximum absolute atomic E-state index is 9.16. The molecule has 0 aliphatic heterocycles. The lowest BCUT2D eigenvalue weighted by atomic mass is 10.3. The van der Waals surface area contributed by atoms with Crippen molar-refractivity contribution in [2.24, 2.45) is 0 Å². The van der Waals surface area contributed by atoms with Gasteiger partial charge in [-0.1, -0.05) is 0 Å². The lowest BCUT2D eigenvalue weighted by molar-refractivity contribution is 0.188. The van der Waals surface area contributed by atoms with Gasteiger partial charge in [-0.3, -0.25) is 4.57 Å². The Labute approximate surface area is 104 Å². The molecule has 1 atom stereocenters. The van der Waals surface area contributed by atoms with E-state index in [1.165, 1.54) is 0 Å². The Hall–Kier alpha value is -2.22. The van der Waals surface area contributed by atoms with E-state index in [1.54, 1.807) is 30.2 Å². The summed E-state index contributed by atoms with van der Waals surface area (Å²) in [7, 11) is 0. The monoisotopic (exact) mass is 249 g/mol. The predicted molar refractivity (Wildman–Crippen MR) is 66.1 cm³/mol. The Bertz CT molecular complexity index is 497. The first-order chi connectivity index (χ1) is 8.65. The molecule has 0 bridgehead atoms. The van der Waals surface area contributed by atoms with Crippen molar-refractivity contribution in [1.82, 2.24) is 24.5 Å². The number of rotatable bonds is 5. The highest BCUT2D eigenvalue weighted by atomic mass is 16.3. The Balaban J connectivity index is 2.12. The fraction of sp³-hybridized carbons (Fsp3) is 0.400. The number of nitrogens with two attached hydrogens (primary N) is 1. The second kappa shape index (κ2) is 5.41. The van der Waals surface area contributed by atoms with Gasteiger partial charge in [-0.2, -0.15) is 15.0 Å². The summed E-state index contributed by atoms with van der Waals surface area (Å²) < 4.78 is 1.64. The van der Waals surface area contributed by atoms with Crippen LogP contribution in [0.15, 0.2) is 18.7 Å².